The van der Waals surface area contributed by atoms with Gasteiger partial charge in [-0.25, -0.2) is 0 Å². The van der Waals surface area contributed by atoms with E-state index < -0.39 is 0 Å². The van der Waals surface area contributed by atoms with Crippen LogP contribution >= 0.6 is 11.8 Å². The summed E-state index contributed by atoms with van der Waals surface area (Å²) in [6, 6.07) is 0.107. The van der Waals surface area contributed by atoms with Gasteiger partial charge in [0.15, 0.2) is 5.17 Å². The first-order valence-corrected chi connectivity index (χ1v) is 5.74. The van der Waals surface area contributed by atoms with Crippen molar-refractivity contribution >= 4 is 28.9 Å². The maximum atomic E-state index is 11.3. The predicted octanol–water partition coefficient (Wildman–Crippen LogP) is 0.512. The Labute approximate surface area is 95.7 Å². The molecule has 86 valence electrons. The molecule has 0 radical (unpaired) electrons. The molecule has 1 fully saturated rings. The molecule has 0 saturated heterocycles. The second-order valence-corrected chi connectivity index (χ2v) is 4.44. The van der Waals surface area contributed by atoms with Crippen molar-refractivity contribution in [2.45, 2.75) is 18.8 Å². The van der Waals surface area contributed by atoms with Crippen molar-refractivity contribution in [2.24, 2.45) is 5.73 Å². The summed E-state index contributed by atoms with van der Waals surface area (Å²) in [7, 11) is 0. The molecule has 1 aliphatic carbocycles. The van der Waals surface area contributed by atoms with Gasteiger partial charge in [0.25, 0.3) is 0 Å². The van der Waals surface area contributed by atoms with Crippen molar-refractivity contribution in [3.8, 4) is 0 Å². The molecule has 7 nitrogen and oxygen atoms in total. The SMILES string of the molecule is N=C(N)SCC(=O)Nc1nnc(C2CC2)o1. The molecule has 1 aromatic rings. The normalized spacial score (nSPS) is 14.8. The zero-order valence-corrected chi connectivity index (χ0v) is 9.21. The Morgan fingerprint density at radius 2 is 2.38 bits per heavy atom. The predicted molar refractivity (Wildman–Crippen MR) is 59.3 cm³/mol. The van der Waals surface area contributed by atoms with Crippen molar-refractivity contribution in [2.75, 3.05) is 11.1 Å². The van der Waals surface area contributed by atoms with Crippen LogP contribution in [0, 0.1) is 5.41 Å². The van der Waals surface area contributed by atoms with Crippen LogP contribution in [0.4, 0.5) is 6.01 Å². The summed E-state index contributed by atoms with van der Waals surface area (Å²) in [4.78, 5) is 11.3. The molecule has 0 aromatic carbocycles. The van der Waals surface area contributed by atoms with Gasteiger partial charge in [-0.1, -0.05) is 16.9 Å². The lowest BCUT2D eigenvalue weighted by Crippen LogP contribution is -2.17. The lowest BCUT2D eigenvalue weighted by molar-refractivity contribution is -0.113. The number of hydrogen-bond acceptors (Lipinski definition) is 6. The Morgan fingerprint density at radius 1 is 1.62 bits per heavy atom. The molecule has 1 aromatic heterocycles. The number of aromatic nitrogens is 2. The van der Waals surface area contributed by atoms with Crippen LogP contribution in [-0.2, 0) is 4.79 Å². The highest BCUT2D eigenvalue weighted by Crippen LogP contribution is 2.39. The molecule has 0 bridgehead atoms. The fourth-order valence-electron chi connectivity index (χ4n) is 1.08. The maximum absolute atomic E-state index is 11.3. The Kier molecular flexibility index (Phi) is 3.09. The molecule has 1 saturated carbocycles. The van der Waals surface area contributed by atoms with Gasteiger partial charge in [-0.3, -0.25) is 15.5 Å². The van der Waals surface area contributed by atoms with Crippen molar-refractivity contribution in [1.29, 1.82) is 5.41 Å². The molecular formula is C8H11N5O2S. The van der Waals surface area contributed by atoms with Crippen LogP contribution in [0.15, 0.2) is 4.42 Å². The number of hydrogen-bond donors (Lipinski definition) is 3. The fourth-order valence-corrected chi connectivity index (χ4v) is 1.44. The summed E-state index contributed by atoms with van der Waals surface area (Å²) >= 11 is 0.943. The smallest absolute Gasteiger partial charge is 0.322 e. The van der Waals surface area contributed by atoms with Crippen LogP contribution in [0.3, 0.4) is 0 Å². The number of nitrogens with two attached hydrogens (primary N) is 1. The molecule has 16 heavy (non-hydrogen) atoms. The molecule has 1 heterocycles. The average molecular weight is 241 g/mol. The third kappa shape index (κ3) is 2.96. The van der Waals surface area contributed by atoms with Gasteiger partial charge in [0.05, 0.1) is 5.75 Å². The van der Waals surface area contributed by atoms with Crippen LogP contribution < -0.4 is 11.1 Å². The molecule has 0 aliphatic heterocycles. The van der Waals surface area contributed by atoms with Gasteiger partial charge in [0, 0.05) is 5.92 Å². The third-order valence-electron chi connectivity index (χ3n) is 1.97. The van der Waals surface area contributed by atoms with Crippen LogP contribution in [0.1, 0.15) is 24.7 Å². The molecular weight excluding hydrogens is 230 g/mol. The van der Waals surface area contributed by atoms with E-state index in [1.165, 1.54) is 0 Å². The summed E-state index contributed by atoms with van der Waals surface area (Å²) in [5, 5.41) is 16.8. The van der Waals surface area contributed by atoms with Crippen molar-refractivity contribution < 1.29 is 9.21 Å². The van der Waals surface area contributed by atoms with E-state index in [1.54, 1.807) is 0 Å². The van der Waals surface area contributed by atoms with Gasteiger partial charge < -0.3 is 10.2 Å². The Morgan fingerprint density at radius 3 is 3.00 bits per heavy atom. The first-order valence-electron chi connectivity index (χ1n) is 4.75. The Bertz CT molecular complexity index is 414. The summed E-state index contributed by atoms with van der Waals surface area (Å²) < 4.78 is 5.24. The van der Waals surface area contributed by atoms with Crippen LogP contribution in [0.25, 0.3) is 0 Å². The summed E-state index contributed by atoms with van der Waals surface area (Å²) in [5.74, 6) is 0.696. The number of thioether (sulfide) groups is 1. The first kappa shape index (κ1) is 10.9. The van der Waals surface area contributed by atoms with Crippen molar-refractivity contribution in [1.82, 2.24) is 10.2 Å². The van der Waals surface area contributed by atoms with E-state index in [2.05, 4.69) is 15.5 Å². The summed E-state index contributed by atoms with van der Waals surface area (Å²) in [5.41, 5.74) is 5.10. The number of anilines is 1. The molecule has 2 rings (SSSR count). The van der Waals surface area contributed by atoms with Gasteiger partial charge in [-0.15, -0.1) is 5.10 Å². The van der Waals surface area contributed by atoms with Gasteiger partial charge in [0.1, 0.15) is 0 Å². The average Bonchev–Trinajstić information content (AvgIpc) is 2.98. The minimum absolute atomic E-state index is 0.0659. The summed E-state index contributed by atoms with van der Waals surface area (Å²) in [6.07, 6.45) is 2.13. The Balaban J connectivity index is 1.83. The first-order chi connectivity index (χ1) is 7.65. The lowest BCUT2D eigenvalue weighted by atomic mass is 10.4. The summed E-state index contributed by atoms with van der Waals surface area (Å²) in [6.45, 7) is 0. The minimum Gasteiger partial charge on any atom is -0.408 e. The van der Waals surface area contributed by atoms with E-state index in [0.29, 0.717) is 11.8 Å². The quantitative estimate of drug-likeness (QED) is 0.522. The molecule has 1 aliphatic rings. The molecule has 0 unspecified atom stereocenters. The van der Waals surface area contributed by atoms with E-state index in [1.807, 2.05) is 0 Å². The maximum Gasteiger partial charge on any atom is 0.322 e. The number of carbonyl (C=O) groups is 1. The topological polar surface area (TPSA) is 118 Å². The minimum atomic E-state index is -0.314. The van der Waals surface area contributed by atoms with Crippen molar-refractivity contribution in [3.05, 3.63) is 5.89 Å². The highest BCUT2D eigenvalue weighted by molar-refractivity contribution is 8.14. The van der Waals surface area contributed by atoms with Crippen molar-refractivity contribution in [3.63, 3.8) is 0 Å². The number of amidine groups is 1. The monoisotopic (exact) mass is 241 g/mol. The standard InChI is InChI=1S/C8H11N5O2S/c9-7(10)16-3-5(14)11-8-13-12-6(15-8)4-1-2-4/h4H,1-3H2,(H3,9,10)(H,11,13,14). The highest BCUT2D eigenvalue weighted by Gasteiger charge is 2.29. The zero-order valence-electron chi connectivity index (χ0n) is 8.40. The second-order valence-electron chi connectivity index (χ2n) is 3.42. The van der Waals surface area contributed by atoms with E-state index in [9.17, 15) is 4.79 Å². The molecule has 4 N–H and O–H groups in total. The van der Waals surface area contributed by atoms with E-state index in [4.69, 9.17) is 15.6 Å². The highest BCUT2D eigenvalue weighted by atomic mass is 32.2. The van der Waals surface area contributed by atoms with E-state index in [-0.39, 0.29) is 22.8 Å². The van der Waals surface area contributed by atoms with Crippen LogP contribution in [0.5, 0.6) is 0 Å². The lowest BCUT2D eigenvalue weighted by Gasteiger charge is -1.98. The number of nitrogens with zero attached hydrogens (tertiary/aromatic N) is 2. The van der Waals surface area contributed by atoms with Gasteiger partial charge in [-0.05, 0) is 12.8 Å². The number of carbonyl (C=O) groups excluding carboxylic acids is 1. The zero-order chi connectivity index (χ0) is 11.5. The largest absolute Gasteiger partial charge is 0.408 e. The van der Waals surface area contributed by atoms with Gasteiger partial charge >= 0.3 is 6.01 Å². The second kappa shape index (κ2) is 4.52. The number of rotatable bonds is 4. The molecule has 8 heteroatoms. The molecule has 0 atom stereocenters. The van der Waals surface area contributed by atoms with E-state index in [0.717, 1.165) is 24.6 Å². The van der Waals surface area contributed by atoms with Gasteiger partial charge in [0.2, 0.25) is 11.8 Å². The number of nitrogens with one attached hydrogen (secondary N) is 2. The van der Waals surface area contributed by atoms with E-state index >= 15 is 0 Å². The van der Waals surface area contributed by atoms with Gasteiger partial charge in [-0.2, -0.15) is 0 Å². The third-order valence-corrected chi connectivity index (χ3v) is 2.69. The fraction of sp³-hybridized carbons (Fsp3) is 0.500. The van der Waals surface area contributed by atoms with Crippen LogP contribution in [0.2, 0.25) is 0 Å². The molecule has 1 amide bonds. The molecule has 0 spiro atoms. The van der Waals surface area contributed by atoms with Crippen LogP contribution in [-0.4, -0.2) is 27.0 Å². The number of amides is 1. The Hall–Kier alpha value is -1.57.